The molecule has 1 atom stereocenters. The van der Waals surface area contributed by atoms with E-state index in [4.69, 9.17) is 0 Å². The molecule has 0 bridgehead atoms. The van der Waals surface area contributed by atoms with Crippen LogP contribution in [-0.2, 0) is 9.84 Å². The summed E-state index contributed by atoms with van der Waals surface area (Å²) in [6.45, 7) is 7.80. The van der Waals surface area contributed by atoms with Crippen LogP contribution in [0.4, 0.5) is 0 Å². The minimum absolute atomic E-state index is 0.318. The molecule has 1 fully saturated rings. The van der Waals surface area contributed by atoms with E-state index in [9.17, 15) is 8.42 Å². The Bertz CT molecular complexity index is 357. The fraction of sp³-hybridized carbons (Fsp3) is 1.00. The maximum atomic E-state index is 11.4. The normalized spacial score (nSPS) is 25.9. The summed E-state index contributed by atoms with van der Waals surface area (Å²) in [5, 5.41) is 3.59. The van der Waals surface area contributed by atoms with Gasteiger partial charge in [-0.3, -0.25) is 0 Å². The van der Waals surface area contributed by atoms with Gasteiger partial charge in [0.1, 0.15) is 9.84 Å². The van der Waals surface area contributed by atoms with E-state index in [1.54, 1.807) is 0 Å². The lowest BCUT2D eigenvalue weighted by Gasteiger charge is -2.36. The number of rotatable bonds is 8. The standard InChI is InChI=1S/C16H33NO2S/c1-5-11-17-16(10-12-20(4,18)19)15-8-6-14(7-9-15)13(2)3/h13-17H,5-12H2,1-4H3. The van der Waals surface area contributed by atoms with Gasteiger partial charge in [-0.1, -0.05) is 20.8 Å². The molecule has 0 aromatic heterocycles. The highest BCUT2D eigenvalue weighted by Gasteiger charge is 2.28. The average Bonchev–Trinajstić information content (AvgIpc) is 2.38. The Morgan fingerprint density at radius 1 is 1.10 bits per heavy atom. The highest BCUT2D eigenvalue weighted by atomic mass is 32.2. The summed E-state index contributed by atoms with van der Waals surface area (Å²) in [7, 11) is -2.85. The van der Waals surface area contributed by atoms with Crippen LogP contribution in [0, 0.1) is 17.8 Å². The minimum atomic E-state index is -2.85. The van der Waals surface area contributed by atoms with Gasteiger partial charge in [-0.05, 0) is 62.8 Å². The number of nitrogens with one attached hydrogen (secondary N) is 1. The molecular formula is C16H33NO2S. The second-order valence-corrected chi connectivity index (χ2v) is 9.16. The quantitative estimate of drug-likeness (QED) is 0.748. The van der Waals surface area contributed by atoms with Gasteiger partial charge in [0.05, 0.1) is 5.75 Å². The van der Waals surface area contributed by atoms with Crippen LogP contribution in [0.1, 0.15) is 59.3 Å². The van der Waals surface area contributed by atoms with Crippen molar-refractivity contribution in [3.8, 4) is 0 Å². The van der Waals surface area contributed by atoms with Gasteiger partial charge in [0.15, 0.2) is 0 Å². The van der Waals surface area contributed by atoms with Gasteiger partial charge in [0.2, 0.25) is 0 Å². The van der Waals surface area contributed by atoms with E-state index in [0.29, 0.717) is 17.7 Å². The summed E-state index contributed by atoms with van der Waals surface area (Å²) in [6, 6.07) is 0.387. The lowest BCUT2D eigenvalue weighted by molar-refractivity contribution is 0.186. The van der Waals surface area contributed by atoms with Gasteiger partial charge in [0, 0.05) is 12.3 Å². The second-order valence-electron chi connectivity index (χ2n) is 6.90. The maximum Gasteiger partial charge on any atom is 0.147 e. The van der Waals surface area contributed by atoms with Crippen LogP contribution in [0.5, 0.6) is 0 Å². The molecular weight excluding hydrogens is 270 g/mol. The van der Waals surface area contributed by atoms with Crippen molar-refractivity contribution >= 4 is 9.84 Å². The Balaban J connectivity index is 2.51. The summed E-state index contributed by atoms with van der Waals surface area (Å²) in [4.78, 5) is 0. The number of sulfone groups is 1. The predicted octanol–water partition coefficient (Wildman–Crippen LogP) is 3.25. The summed E-state index contributed by atoms with van der Waals surface area (Å²) in [5.41, 5.74) is 0. The second kappa shape index (κ2) is 8.38. The maximum absolute atomic E-state index is 11.4. The first-order valence-corrected chi connectivity index (χ1v) is 10.3. The molecule has 3 nitrogen and oxygen atoms in total. The monoisotopic (exact) mass is 303 g/mol. The Morgan fingerprint density at radius 2 is 1.65 bits per heavy atom. The largest absolute Gasteiger partial charge is 0.314 e. The van der Waals surface area contributed by atoms with E-state index >= 15 is 0 Å². The van der Waals surface area contributed by atoms with E-state index in [-0.39, 0.29) is 0 Å². The van der Waals surface area contributed by atoms with Crippen LogP contribution in [0.15, 0.2) is 0 Å². The number of hydrogen-bond acceptors (Lipinski definition) is 3. The van der Waals surface area contributed by atoms with Gasteiger partial charge in [-0.2, -0.15) is 0 Å². The molecule has 4 heteroatoms. The third-order valence-corrected chi connectivity index (χ3v) is 5.76. The molecule has 20 heavy (non-hydrogen) atoms. The molecule has 0 radical (unpaired) electrons. The molecule has 1 N–H and O–H groups in total. The molecule has 1 aliphatic carbocycles. The zero-order valence-electron chi connectivity index (χ0n) is 13.7. The highest BCUT2D eigenvalue weighted by Crippen LogP contribution is 2.35. The zero-order chi connectivity index (χ0) is 15.2. The molecule has 0 aromatic carbocycles. The molecule has 0 spiro atoms. The van der Waals surface area contributed by atoms with Crippen molar-refractivity contribution in [1.29, 1.82) is 0 Å². The van der Waals surface area contributed by atoms with Gasteiger partial charge >= 0.3 is 0 Å². The molecule has 0 aliphatic heterocycles. The summed E-state index contributed by atoms with van der Waals surface area (Å²) in [6.07, 6.45) is 8.37. The average molecular weight is 304 g/mol. The van der Waals surface area contributed by atoms with Crippen molar-refractivity contribution in [3.63, 3.8) is 0 Å². The minimum Gasteiger partial charge on any atom is -0.314 e. The smallest absolute Gasteiger partial charge is 0.147 e. The molecule has 0 aromatic rings. The third-order valence-electron chi connectivity index (χ3n) is 4.78. The molecule has 0 amide bonds. The first-order chi connectivity index (χ1) is 9.33. The lowest BCUT2D eigenvalue weighted by atomic mass is 9.74. The highest BCUT2D eigenvalue weighted by molar-refractivity contribution is 7.90. The van der Waals surface area contributed by atoms with Crippen molar-refractivity contribution in [2.45, 2.75) is 65.3 Å². The van der Waals surface area contributed by atoms with Crippen LogP contribution < -0.4 is 5.32 Å². The van der Waals surface area contributed by atoms with E-state index in [2.05, 4.69) is 26.1 Å². The fourth-order valence-corrected chi connectivity index (χ4v) is 4.07. The number of hydrogen-bond donors (Lipinski definition) is 1. The first kappa shape index (κ1) is 18.0. The molecule has 0 heterocycles. The van der Waals surface area contributed by atoms with E-state index in [1.165, 1.54) is 31.9 Å². The molecule has 120 valence electrons. The van der Waals surface area contributed by atoms with Crippen LogP contribution in [0.3, 0.4) is 0 Å². The lowest BCUT2D eigenvalue weighted by Crippen LogP contribution is -2.40. The molecule has 1 unspecified atom stereocenters. The van der Waals surface area contributed by atoms with Gasteiger partial charge in [-0.15, -0.1) is 0 Å². The van der Waals surface area contributed by atoms with Crippen LogP contribution in [0.2, 0.25) is 0 Å². The van der Waals surface area contributed by atoms with Crippen molar-refractivity contribution in [2.24, 2.45) is 17.8 Å². The van der Waals surface area contributed by atoms with E-state index in [0.717, 1.165) is 31.2 Å². The molecule has 1 saturated carbocycles. The van der Waals surface area contributed by atoms with Crippen molar-refractivity contribution in [3.05, 3.63) is 0 Å². The SMILES string of the molecule is CCCNC(CCS(C)(=O)=O)C1CCC(C(C)C)CC1. The molecule has 1 aliphatic rings. The van der Waals surface area contributed by atoms with Crippen LogP contribution in [-0.4, -0.2) is 33.0 Å². The Morgan fingerprint density at radius 3 is 2.10 bits per heavy atom. The van der Waals surface area contributed by atoms with Crippen molar-refractivity contribution < 1.29 is 8.42 Å². The van der Waals surface area contributed by atoms with Crippen molar-refractivity contribution in [2.75, 3.05) is 18.6 Å². The van der Waals surface area contributed by atoms with Gasteiger partial charge in [-0.25, -0.2) is 8.42 Å². The predicted molar refractivity (Wildman–Crippen MR) is 86.7 cm³/mol. The van der Waals surface area contributed by atoms with Gasteiger partial charge < -0.3 is 5.32 Å². The fourth-order valence-electron chi connectivity index (χ4n) is 3.39. The van der Waals surface area contributed by atoms with E-state index in [1.807, 2.05) is 0 Å². The Kier molecular flexibility index (Phi) is 7.52. The van der Waals surface area contributed by atoms with Crippen LogP contribution in [0.25, 0.3) is 0 Å². The summed E-state index contributed by atoms with van der Waals surface area (Å²) in [5.74, 6) is 2.64. The summed E-state index contributed by atoms with van der Waals surface area (Å²) < 4.78 is 22.8. The Labute approximate surface area is 125 Å². The van der Waals surface area contributed by atoms with Crippen LogP contribution >= 0.6 is 0 Å². The summed E-state index contributed by atoms with van der Waals surface area (Å²) >= 11 is 0. The van der Waals surface area contributed by atoms with Crippen molar-refractivity contribution in [1.82, 2.24) is 5.32 Å². The first-order valence-electron chi connectivity index (χ1n) is 8.24. The third kappa shape index (κ3) is 6.57. The zero-order valence-corrected chi connectivity index (χ0v) is 14.5. The Hall–Kier alpha value is -0.0900. The topological polar surface area (TPSA) is 46.2 Å². The van der Waals surface area contributed by atoms with E-state index < -0.39 is 9.84 Å². The van der Waals surface area contributed by atoms with Gasteiger partial charge in [0.25, 0.3) is 0 Å². The molecule has 0 saturated heterocycles. The molecule has 1 rings (SSSR count).